The van der Waals surface area contributed by atoms with Gasteiger partial charge >= 0.3 is 5.97 Å². The summed E-state index contributed by atoms with van der Waals surface area (Å²) in [4.78, 5) is 17.0. The highest BCUT2D eigenvalue weighted by Crippen LogP contribution is 2.21. The van der Waals surface area contributed by atoms with Crippen molar-refractivity contribution < 1.29 is 13.9 Å². The Kier molecular flexibility index (Phi) is 11.1. The van der Waals surface area contributed by atoms with Crippen LogP contribution in [-0.2, 0) is 6.42 Å². The van der Waals surface area contributed by atoms with E-state index >= 15 is 0 Å². The molecule has 0 aliphatic carbocycles. The van der Waals surface area contributed by atoms with E-state index in [1.807, 2.05) is 24.4 Å². The number of hydrogen-bond acceptors (Lipinski definition) is 4. The lowest BCUT2D eigenvalue weighted by atomic mass is 10.0. The zero-order valence-corrected chi connectivity index (χ0v) is 21.1. The summed E-state index contributed by atoms with van der Waals surface area (Å²) in [5, 5.41) is 8.80. The molecule has 2 aromatic carbocycles. The molecule has 0 N–H and O–H groups in total. The van der Waals surface area contributed by atoms with Crippen LogP contribution in [0.3, 0.4) is 0 Å². The van der Waals surface area contributed by atoms with E-state index in [9.17, 15) is 9.18 Å². The molecular weight excluding hydrogens is 451 g/mol. The number of ether oxygens (including phenoxy) is 1. The molecular formula is C31H35FN2O2. The Morgan fingerprint density at radius 3 is 2.14 bits per heavy atom. The van der Waals surface area contributed by atoms with Gasteiger partial charge in [0.1, 0.15) is 17.6 Å². The van der Waals surface area contributed by atoms with Crippen LogP contribution in [0.1, 0.15) is 92.6 Å². The van der Waals surface area contributed by atoms with E-state index in [4.69, 9.17) is 10.00 Å². The van der Waals surface area contributed by atoms with Gasteiger partial charge in [0, 0.05) is 17.8 Å². The Hall–Kier alpha value is -3.52. The number of halogens is 1. The molecule has 0 radical (unpaired) electrons. The van der Waals surface area contributed by atoms with Crippen LogP contribution in [0.15, 0.2) is 60.8 Å². The molecule has 0 saturated heterocycles. The fraction of sp³-hybridized carbons (Fsp3) is 0.387. The molecule has 1 heterocycles. The van der Waals surface area contributed by atoms with Crippen LogP contribution in [0, 0.1) is 17.1 Å². The van der Waals surface area contributed by atoms with Crippen molar-refractivity contribution in [2.45, 2.75) is 77.6 Å². The number of unbranched alkanes of at least 4 members (excludes halogenated alkanes) is 9. The first-order chi connectivity index (χ1) is 17.6. The number of pyridine rings is 1. The number of nitriles is 1. The van der Waals surface area contributed by atoms with Crippen molar-refractivity contribution in [2.75, 3.05) is 0 Å². The van der Waals surface area contributed by atoms with Crippen LogP contribution in [0.25, 0.3) is 11.3 Å². The standard InChI is InChI=1S/C31H35FN2O2/c1-2-3-4-5-6-7-8-9-10-11-12-24-13-20-30(34-23-24)25-14-16-26(17-15-25)31(35)36-28-19-18-27(22-33)29(32)21-28/h13-21,23H,2-12H2,1H3. The molecule has 188 valence electrons. The number of benzene rings is 2. The Bertz CT molecular complexity index is 1130. The van der Waals surface area contributed by atoms with Crippen molar-refractivity contribution in [1.82, 2.24) is 4.98 Å². The monoisotopic (exact) mass is 486 g/mol. The molecule has 0 amide bonds. The molecule has 0 aliphatic heterocycles. The van der Waals surface area contributed by atoms with Crippen molar-refractivity contribution in [3.8, 4) is 23.1 Å². The maximum absolute atomic E-state index is 13.7. The average Bonchev–Trinajstić information content (AvgIpc) is 2.90. The van der Waals surface area contributed by atoms with Gasteiger partial charge in [-0.25, -0.2) is 9.18 Å². The number of esters is 1. The van der Waals surface area contributed by atoms with Crippen molar-refractivity contribution in [3.05, 3.63) is 83.3 Å². The van der Waals surface area contributed by atoms with Crippen molar-refractivity contribution >= 4 is 5.97 Å². The third-order valence-corrected chi connectivity index (χ3v) is 6.33. The SMILES string of the molecule is CCCCCCCCCCCCc1ccc(-c2ccc(C(=O)Oc3ccc(C#N)c(F)c3)cc2)nc1. The minimum Gasteiger partial charge on any atom is -0.423 e. The van der Waals surface area contributed by atoms with E-state index in [1.54, 1.807) is 18.2 Å². The summed E-state index contributed by atoms with van der Waals surface area (Å²) >= 11 is 0. The van der Waals surface area contributed by atoms with Crippen molar-refractivity contribution in [2.24, 2.45) is 0 Å². The second-order valence-electron chi connectivity index (χ2n) is 9.20. The van der Waals surface area contributed by atoms with Crippen molar-refractivity contribution in [3.63, 3.8) is 0 Å². The summed E-state index contributed by atoms with van der Waals surface area (Å²) in [7, 11) is 0. The number of nitrogens with zero attached hydrogens (tertiary/aromatic N) is 2. The van der Waals surface area contributed by atoms with Crippen LogP contribution < -0.4 is 4.74 Å². The molecule has 3 rings (SSSR count). The number of carbonyl (C=O) groups is 1. The smallest absolute Gasteiger partial charge is 0.343 e. The topological polar surface area (TPSA) is 63.0 Å². The fourth-order valence-corrected chi connectivity index (χ4v) is 4.15. The lowest BCUT2D eigenvalue weighted by Gasteiger charge is -2.07. The molecule has 0 aliphatic rings. The van der Waals surface area contributed by atoms with Gasteiger partial charge in [-0.15, -0.1) is 0 Å². The zero-order valence-electron chi connectivity index (χ0n) is 21.1. The summed E-state index contributed by atoms with van der Waals surface area (Å²) < 4.78 is 19.0. The Balaban J connectivity index is 1.41. The quantitative estimate of drug-likeness (QED) is 0.130. The molecule has 4 nitrogen and oxygen atoms in total. The minimum atomic E-state index is -0.721. The van der Waals surface area contributed by atoms with Gasteiger partial charge < -0.3 is 4.74 Å². The van der Waals surface area contributed by atoms with E-state index in [-0.39, 0.29) is 11.3 Å². The summed E-state index contributed by atoms with van der Waals surface area (Å²) in [6.07, 6.45) is 16.3. The van der Waals surface area contributed by atoms with Gasteiger partial charge in [0.05, 0.1) is 16.8 Å². The molecule has 0 saturated carbocycles. The Morgan fingerprint density at radius 1 is 0.889 bits per heavy atom. The molecule has 0 bridgehead atoms. The second kappa shape index (κ2) is 14.8. The number of carbonyl (C=O) groups excluding carboxylic acids is 1. The first-order valence-electron chi connectivity index (χ1n) is 13.1. The third-order valence-electron chi connectivity index (χ3n) is 6.33. The van der Waals surface area contributed by atoms with Gasteiger partial charge in [-0.1, -0.05) is 82.9 Å². The highest BCUT2D eigenvalue weighted by molar-refractivity contribution is 5.91. The number of hydrogen-bond donors (Lipinski definition) is 0. The highest BCUT2D eigenvalue weighted by Gasteiger charge is 2.11. The predicted molar refractivity (Wildman–Crippen MR) is 141 cm³/mol. The van der Waals surface area contributed by atoms with Gasteiger partial charge in [-0.2, -0.15) is 5.26 Å². The van der Waals surface area contributed by atoms with E-state index in [0.717, 1.165) is 23.7 Å². The van der Waals surface area contributed by atoms with E-state index in [2.05, 4.69) is 18.0 Å². The first kappa shape index (κ1) is 27.1. The fourth-order valence-electron chi connectivity index (χ4n) is 4.15. The van der Waals surface area contributed by atoms with Gasteiger partial charge in [0.15, 0.2) is 0 Å². The van der Waals surface area contributed by atoms with Gasteiger partial charge in [-0.3, -0.25) is 4.98 Å². The zero-order chi connectivity index (χ0) is 25.6. The van der Waals surface area contributed by atoms with Gasteiger partial charge in [-0.05, 0) is 48.7 Å². The highest BCUT2D eigenvalue weighted by atomic mass is 19.1. The molecule has 0 fully saturated rings. The predicted octanol–water partition coefficient (Wildman–Crippen LogP) is 8.44. The largest absolute Gasteiger partial charge is 0.423 e. The minimum absolute atomic E-state index is 0.0558. The third kappa shape index (κ3) is 8.61. The Labute approximate surface area is 214 Å². The van der Waals surface area contributed by atoms with Crippen molar-refractivity contribution in [1.29, 1.82) is 5.26 Å². The van der Waals surface area contributed by atoms with Crippen LogP contribution in [0.4, 0.5) is 4.39 Å². The summed E-state index contributed by atoms with van der Waals surface area (Å²) in [6, 6.07) is 16.6. The molecule has 36 heavy (non-hydrogen) atoms. The Morgan fingerprint density at radius 2 is 1.56 bits per heavy atom. The summed E-state index contributed by atoms with van der Waals surface area (Å²) in [6.45, 7) is 2.26. The first-order valence-corrected chi connectivity index (χ1v) is 13.1. The lowest BCUT2D eigenvalue weighted by molar-refractivity contribution is 0.0734. The van der Waals surface area contributed by atoms with E-state index < -0.39 is 11.8 Å². The molecule has 1 aromatic heterocycles. The number of aryl methyl sites for hydroxylation is 1. The van der Waals surface area contributed by atoms with Crippen LogP contribution in [0.2, 0.25) is 0 Å². The van der Waals surface area contributed by atoms with Crippen LogP contribution in [-0.4, -0.2) is 11.0 Å². The number of aromatic nitrogens is 1. The molecule has 3 aromatic rings. The number of rotatable bonds is 14. The molecule has 0 atom stereocenters. The maximum Gasteiger partial charge on any atom is 0.343 e. The summed E-state index contributed by atoms with van der Waals surface area (Å²) in [5.41, 5.74) is 3.24. The molecule has 0 unspecified atom stereocenters. The molecule has 0 spiro atoms. The second-order valence-corrected chi connectivity index (χ2v) is 9.20. The lowest BCUT2D eigenvalue weighted by Crippen LogP contribution is -2.08. The van der Waals surface area contributed by atoms with E-state index in [1.165, 1.54) is 81.9 Å². The van der Waals surface area contributed by atoms with Crippen LogP contribution >= 0.6 is 0 Å². The summed E-state index contributed by atoms with van der Waals surface area (Å²) in [5.74, 6) is -1.26. The van der Waals surface area contributed by atoms with Gasteiger partial charge in [0.25, 0.3) is 0 Å². The molecule has 5 heteroatoms. The van der Waals surface area contributed by atoms with E-state index in [0.29, 0.717) is 5.56 Å². The van der Waals surface area contributed by atoms with Gasteiger partial charge in [0.2, 0.25) is 0 Å². The maximum atomic E-state index is 13.7. The normalized spacial score (nSPS) is 10.7. The van der Waals surface area contributed by atoms with Crippen LogP contribution in [0.5, 0.6) is 5.75 Å². The average molecular weight is 487 g/mol.